The summed E-state index contributed by atoms with van der Waals surface area (Å²) in [4.78, 5) is 15.6. The predicted octanol–water partition coefficient (Wildman–Crippen LogP) is 5.18. The lowest BCUT2D eigenvalue weighted by molar-refractivity contribution is -0.144. The van der Waals surface area contributed by atoms with Crippen molar-refractivity contribution in [1.29, 1.82) is 0 Å². The molecular formula is C25H23FN2O5. The van der Waals surface area contributed by atoms with Gasteiger partial charge in [0.25, 0.3) is 0 Å². The Kier molecular flexibility index (Phi) is 6.17. The fourth-order valence-corrected chi connectivity index (χ4v) is 3.51. The van der Waals surface area contributed by atoms with E-state index < -0.39 is 17.9 Å². The van der Waals surface area contributed by atoms with Crippen LogP contribution >= 0.6 is 0 Å². The molecule has 2 heterocycles. The highest BCUT2D eigenvalue weighted by Gasteiger charge is 2.19. The van der Waals surface area contributed by atoms with Crippen molar-refractivity contribution in [3.63, 3.8) is 0 Å². The second-order valence-electron chi connectivity index (χ2n) is 7.52. The first-order chi connectivity index (χ1) is 15.9. The number of carboxylic acid groups (broad SMARTS) is 1. The number of rotatable bonds is 8. The van der Waals surface area contributed by atoms with Crippen LogP contribution in [-0.2, 0) is 11.3 Å². The summed E-state index contributed by atoms with van der Waals surface area (Å²) >= 11 is 0. The van der Waals surface area contributed by atoms with Crippen LogP contribution in [0.15, 0.2) is 60.8 Å². The normalized spacial score (nSPS) is 11.9. The first-order valence-corrected chi connectivity index (χ1v) is 10.3. The van der Waals surface area contributed by atoms with Crippen LogP contribution in [0, 0.1) is 12.7 Å². The van der Waals surface area contributed by atoms with E-state index in [0.717, 1.165) is 22.4 Å². The number of halogens is 1. The molecule has 0 saturated carbocycles. The quantitative estimate of drug-likeness (QED) is 0.398. The Hall–Kier alpha value is -4.07. The molecule has 0 saturated heterocycles. The molecule has 0 spiro atoms. The maximum Gasteiger partial charge on any atom is 0.344 e. The molecule has 0 unspecified atom stereocenters. The summed E-state index contributed by atoms with van der Waals surface area (Å²) in [5.41, 5.74) is 2.28. The van der Waals surface area contributed by atoms with Crippen LogP contribution in [0.3, 0.4) is 0 Å². The zero-order valence-corrected chi connectivity index (χ0v) is 18.4. The second-order valence-corrected chi connectivity index (χ2v) is 7.52. The first kappa shape index (κ1) is 22.1. The van der Waals surface area contributed by atoms with Gasteiger partial charge in [-0.1, -0.05) is 6.07 Å². The predicted molar refractivity (Wildman–Crippen MR) is 121 cm³/mol. The monoisotopic (exact) mass is 450 g/mol. The summed E-state index contributed by atoms with van der Waals surface area (Å²) in [7, 11) is 1.60. The van der Waals surface area contributed by atoms with Crippen LogP contribution in [0.1, 0.15) is 18.2 Å². The van der Waals surface area contributed by atoms with Gasteiger partial charge in [0.2, 0.25) is 0 Å². The summed E-state index contributed by atoms with van der Waals surface area (Å²) in [6, 6.07) is 15.5. The summed E-state index contributed by atoms with van der Waals surface area (Å²) < 4.78 is 32.8. The van der Waals surface area contributed by atoms with Crippen LogP contribution in [0.25, 0.3) is 11.0 Å². The highest BCUT2D eigenvalue weighted by Crippen LogP contribution is 2.36. The van der Waals surface area contributed by atoms with E-state index in [9.17, 15) is 9.18 Å². The van der Waals surface area contributed by atoms with E-state index in [2.05, 4.69) is 4.98 Å². The van der Waals surface area contributed by atoms with E-state index >= 15 is 0 Å². The van der Waals surface area contributed by atoms with Gasteiger partial charge in [-0.2, -0.15) is 0 Å². The Morgan fingerprint density at radius 1 is 1.15 bits per heavy atom. The van der Waals surface area contributed by atoms with Crippen molar-refractivity contribution in [3.05, 3.63) is 77.9 Å². The van der Waals surface area contributed by atoms with Gasteiger partial charge in [0.15, 0.2) is 23.4 Å². The number of methoxy groups -OCH3 is 1. The number of hydrogen-bond donors (Lipinski definition) is 1. The van der Waals surface area contributed by atoms with Gasteiger partial charge in [0.05, 0.1) is 18.2 Å². The Morgan fingerprint density at radius 2 is 1.88 bits per heavy atom. The third-order valence-corrected chi connectivity index (χ3v) is 5.29. The van der Waals surface area contributed by atoms with Crippen molar-refractivity contribution in [3.8, 4) is 23.0 Å². The average Bonchev–Trinajstić information content (AvgIpc) is 3.07. The molecule has 0 amide bonds. The molecule has 2 aromatic heterocycles. The van der Waals surface area contributed by atoms with Gasteiger partial charge < -0.3 is 23.9 Å². The highest BCUT2D eigenvalue weighted by atomic mass is 19.1. The zero-order valence-electron chi connectivity index (χ0n) is 18.4. The van der Waals surface area contributed by atoms with Crippen molar-refractivity contribution in [1.82, 2.24) is 9.55 Å². The molecule has 33 heavy (non-hydrogen) atoms. The minimum atomic E-state index is -1.17. The smallest absolute Gasteiger partial charge is 0.344 e. The number of aromatic nitrogens is 2. The zero-order chi connectivity index (χ0) is 23.5. The van der Waals surface area contributed by atoms with Crippen molar-refractivity contribution in [2.24, 2.45) is 0 Å². The van der Waals surface area contributed by atoms with Crippen LogP contribution in [0.4, 0.5) is 4.39 Å². The molecule has 0 aliphatic carbocycles. The van der Waals surface area contributed by atoms with Crippen molar-refractivity contribution in [2.45, 2.75) is 26.5 Å². The van der Waals surface area contributed by atoms with Crippen molar-refractivity contribution >= 4 is 17.0 Å². The van der Waals surface area contributed by atoms with E-state index in [1.54, 1.807) is 19.4 Å². The molecule has 7 nitrogen and oxygen atoms in total. The number of fused-ring (bicyclic) bond motifs is 1. The summed E-state index contributed by atoms with van der Waals surface area (Å²) in [6.45, 7) is 3.64. The molecular weight excluding hydrogens is 427 g/mol. The number of carboxylic acids is 1. The van der Waals surface area contributed by atoms with Crippen molar-refractivity contribution in [2.75, 3.05) is 7.11 Å². The minimum Gasteiger partial charge on any atom is -0.497 e. The Morgan fingerprint density at radius 3 is 2.58 bits per heavy atom. The first-order valence-electron chi connectivity index (χ1n) is 10.3. The van der Waals surface area contributed by atoms with E-state index in [1.807, 2.05) is 47.9 Å². The average molecular weight is 450 g/mol. The molecule has 0 aliphatic rings. The lowest BCUT2D eigenvalue weighted by atomic mass is 10.2. The molecule has 2 aromatic carbocycles. The third-order valence-electron chi connectivity index (χ3n) is 5.29. The van der Waals surface area contributed by atoms with E-state index in [4.69, 9.17) is 19.3 Å². The number of aliphatic carboxylic acids is 1. The Bertz CT molecular complexity index is 1300. The minimum absolute atomic E-state index is 0.112. The number of carbonyl (C=O) groups is 1. The molecule has 0 fully saturated rings. The van der Waals surface area contributed by atoms with E-state index in [1.165, 1.54) is 19.1 Å². The topological polar surface area (TPSA) is 82.8 Å². The van der Waals surface area contributed by atoms with Crippen LogP contribution in [-0.4, -0.2) is 33.8 Å². The molecule has 0 aliphatic heterocycles. The van der Waals surface area contributed by atoms with Gasteiger partial charge in [-0.3, -0.25) is 0 Å². The van der Waals surface area contributed by atoms with Gasteiger partial charge in [0, 0.05) is 12.7 Å². The molecule has 4 rings (SSSR count). The van der Waals surface area contributed by atoms with Crippen LogP contribution < -0.4 is 14.2 Å². The fraction of sp³-hybridized carbons (Fsp3) is 0.200. The van der Waals surface area contributed by atoms with Gasteiger partial charge in [-0.25, -0.2) is 14.2 Å². The molecule has 0 bridgehead atoms. The molecule has 1 atom stereocenters. The fourth-order valence-electron chi connectivity index (χ4n) is 3.51. The summed E-state index contributed by atoms with van der Waals surface area (Å²) in [6.07, 6.45) is 0.526. The lowest BCUT2D eigenvalue weighted by Gasteiger charge is -2.14. The lowest BCUT2D eigenvalue weighted by Crippen LogP contribution is -2.23. The Balaban J connectivity index is 1.69. The van der Waals surface area contributed by atoms with Gasteiger partial charge in [-0.15, -0.1) is 0 Å². The number of nitrogens with zero attached hydrogens (tertiary/aromatic N) is 2. The molecule has 0 radical (unpaired) electrons. The molecule has 1 N–H and O–H groups in total. The van der Waals surface area contributed by atoms with Crippen molar-refractivity contribution < 1.29 is 28.5 Å². The molecule has 170 valence electrons. The van der Waals surface area contributed by atoms with E-state index in [0.29, 0.717) is 23.7 Å². The van der Waals surface area contributed by atoms with Gasteiger partial charge >= 0.3 is 5.97 Å². The third kappa shape index (κ3) is 4.59. The number of ether oxygens (including phenoxy) is 3. The maximum atomic E-state index is 14.2. The second kappa shape index (κ2) is 9.20. The molecule has 4 aromatic rings. The molecule has 8 heteroatoms. The highest BCUT2D eigenvalue weighted by molar-refractivity contribution is 5.86. The number of hydrogen-bond acceptors (Lipinski definition) is 5. The van der Waals surface area contributed by atoms with Gasteiger partial charge in [-0.05, 0) is 67.9 Å². The maximum absolute atomic E-state index is 14.2. The van der Waals surface area contributed by atoms with Gasteiger partial charge in [0.1, 0.15) is 17.1 Å². The standard InChI is InChI=1S/C25H23FN2O5/c1-15-23(33-19-9-7-18(31-3)8-10-19)20-5-4-12-27-24(20)28(15)14-17-6-11-21(26)22(13-17)32-16(2)25(29)30/h4-13,16H,14H2,1-3H3,(H,29,30)/t16-/m1/s1. The Labute approximate surface area is 190 Å². The van der Waals surface area contributed by atoms with Crippen LogP contribution in [0.5, 0.6) is 23.0 Å². The van der Waals surface area contributed by atoms with E-state index in [-0.39, 0.29) is 5.75 Å². The summed E-state index contributed by atoms with van der Waals surface area (Å²) in [5.74, 6) is 0.149. The van der Waals surface area contributed by atoms with Crippen LogP contribution in [0.2, 0.25) is 0 Å². The summed E-state index contributed by atoms with van der Waals surface area (Å²) in [5, 5.41) is 9.90. The number of pyridine rings is 1. The SMILES string of the molecule is COc1ccc(Oc2c(C)n(Cc3ccc(F)c(O[C@H](C)C(=O)O)c3)c3ncccc23)cc1. The largest absolute Gasteiger partial charge is 0.497 e. The number of benzene rings is 2.